The zero-order valence-corrected chi connectivity index (χ0v) is 11.5. The Hall–Kier alpha value is -0.0800. The fourth-order valence-corrected chi connectivity index (χ4v) is 2.74. The van der Waals surface area contributed by atoms with Crippen LogP contribution in [0, 0.1) is 11.8 Å². The number of hydrogen-bond donors (Lipinski definition) is 1. The fraction of sp³-hybridized carbons (Fsp3) is 1.00. The minimum absolute atomic E-state index is 0.368. The molecule has 0 aromatic carbocycles. The van der Waals surface area contributed by atoms with Crippen LogP contribution in [0.25, 0.3) is 0 Å². The molecule has 0 amide bonds. The third kappa shape index (κ3) is 4.84. The standard InChI is InChI=1S/C14H29NO/c1-11(2)16-10-6-9-15-14-12(3)7-5-8-13(14)4/h11-15H,5-10H2,1-4H3. The number of ether oxygens (including phenoxy) is 1. The molecule has 0 aromatic rings. The first-order valence-corrected chi connectivity index (χ1v) is 6.96. The molecule has 0 saturated heterocycles. The maximum absolute atomic E-state index is 5.54. The van der Waals surface area contributed by atoms with Crippen LogP contribution in [-0.4, -0.2) is 25.3 Å². The van der Waals surface area contributed by atoms with E-state index in [1.165, 1.54) is 19.3 Å². The van der Waals surface area contributed by atoms with Gasteiger partial charge in [0.2, 0.25) is 0 Å². The molecular weight excluding hydrogens is 198 g/mol. The van der Waals surface area contributed by atoms with Gasteiger partial charge in [-0.05, 0) is 51.5 Å². The largest absolute Gasteiger partial charge is 0.379 e. The monoisotopic (exact) mass is 227 g/mol. The Balaban J connectivity index is 2.10. The Morgan fingerprint density at radius 1 is 1.19 bits per heavy atom. The fourth-order valence-electron chi connectivity index (χ4n) is 2.74. The van der Waals surface area contributed by atoms with Crippen molar-refractivity contribution in [3.05, 3.63) is 0 Å². The smallest absolute Gasteiger partial charge is 0.0518 e. The van der Waals surface area contributed by atoms with E-state index in [2.05, 4.69) is 33.0 Å². The van der Waals surface area contributed by atoms with Gasteiger partial charge >= 0.3 is 0 Å². The van der Waals surface area contributed by atoms with Crippen LogP contribution in [0.3, 0.4) is 0 Å². The summed E-state index contributed by atoms with van der Waals surface area (Å²) in [6, 6.07) is 0.729. The number of rotatable bonds is 6. The molecule has 2 nitrogen and oxygen atoms in total. The topological polar surface area (TPSA) is 21.3 Å². The number of hydrogen-bond acceptors (Lipinski definition) is 2. The Bertz CT molecular complexity index is 172. The van der Waals surface area contributed by atoms with Crippen molar-refractivity contribution in [3.63, 3.8) is 0 Å². The normalized spacial score (nSPS) is 30.9. The summed E-state index contributed by atoms with van der Waals surface area (Å²) in [6.07, 6.45) is 5.70. The van der Waals surface area contributed by atoms with E-state index in [0.717, 1.165) is 37.5 Å². The van der Waals surface area contributed by atoms with Crippen molar-refractivity contribution in [1.82, 2.24) is 5.32 Å². The van der Waals surface area contributed by atoms with Crippen LogP contribution < -0.4 is 5.32 Å². The Morgan fingerprint density at radius 3 is 2.38 bits per heavy atom. The lowest BCUT2D eigenvalue weighted by Gasteiger charge is -2.35. The zero-order chi connectivity index (χ0) is 12.0. The average molecular weight is 227 g/mol. The van der Waals surface area contributed by atoms with E-state index in [1.54, 1.807) is 0 Å². The maximum atomic E-state index is 5.54. The van der Waals surface area contributed by atoms with Gasteiger partial charge in [0.05, 0.1) is 6.10 Å². The summed E-state index contributed by atoms with van der Waals surface area (Å²) in [5, 5.41) is 3.71. The summed E-state index contributed by atoms with van der Waals surface area (Å²) in [5.74, 6) is 1.68. The molecule has 2 heteroatoms. The van der Waals surface area contributed by atoms with Crippen molar-refractivity contribution in [1.29, 1.82) is 0 Å². The van der Waals surface area contributed by atoms with Crippen LogP contribution in [0.1, 0.15) is 53.4 Å². The van der Waals surface area contributed by atoms with Gasteiger partial charge in [0.25, 0.3) is 0 Å². The van der Waals surface area contributed by atoms with Crippen molar-refractivity contribution < 1.29 is 4.74 Å². The van der Waals surface area contributed by atoms with Gasteiger partial charge in [-0.25, -0.2) is 0 Å². The van der Waals surface area contributed by atoms with Gasteiger partial charge in [-0.2, -0.15) is 0 Å². The highest BCUT2D eigenvalue weighted by atomic mass is 16.5. The molecule has 0 heterocycles. The first-order valence-electron chi connectivity index (χ1n) is 6.96. The summed E-state index contributed by atoms with van der Waals surface area (Å²) in [4.78, 5) is 0. The van der Waals surface area contributed by atoms with Gasteiger partial charge in [0.15, 0.2) is 0 Å². The summed E-state index contributed by atoms with van der Waals surface area (Å²) in [6.45, 7) is 11.0. The highest BCUT2D eigenvalue weighted by Crippen LogP contribution is 2.28. The van der Waals surface area contributed by atoms with Gasteiger partial charge in [-0.3, -0.25) is 0 Å². The minimum atomic E-state index is 0.368. The molecule has 0 aromatic heterocycles. The second-order valence-corrected chi connectivity index (χ2v) is 5.64. The van der Waals surface area contributed by atoms with E-state index in [0.29, 0.717) is 6.10 Å². The molecule has 0 radical (unpaired) electrons. The van der Waals surface area contributed by atoms with Gasteiger partial charge in [-0.1, -0.05) is 20.3 Å². The van der Waals surface area contributed by atoms with Crippen molar-refractivity contribution in [2.24, 2.45) is 11.8 Å². The van der Waals surface area contributed by atoms with E-state index in [4.69, 9.17) is 4.74 Å². The molecule has 1 aliphatic rings. The Morgan fingerprint density at radius 2 is 1.81 bits per heavy atom. The predicted molar refractivity (Wildman–Crippen MR) is 69.7 cm³/mol. The molecule has 1 aliphatic carbocycles. The highest BCUT2D eigenvalue weighted by Gasteiger charge is 2.26. The van der Waals surface area contributed by atoms with Gasteiger partial charge < -0.3 is 10.1 Å². The van der Waals surface area contributed by atoms with Crippen LogP contribution in [0.2, 0.25) is 0 Å². The SMILES string of the molecule is CC(C)OCCCNC1C(C)CCCC1C. The summed E-state index contributed by atoms with van der Waals surface area (Å²) in [5.41, 5.74) is 0. The van der Waals surface area contributed by atoms with Crippen LogP contribution in [0.15, 0.2) is 0 Å². The zero-order valence-electron chi connectivity index (χ0n) is 11.5. The summed E-state index contributed by atoms with van der Waals surface area (Å²) in [7, 11) is 0. The van der Waals surface area contributed by atoms with Crippen LogP contribution in [0.5, 0.6) is 0 Å². The van der Waals surface area contributed by atoms with E-state index >= 15 is 0 Å². The molecule has 16 heavy (non-hydrogen) atoms. The minimum Gasteiger partial charge on any atom is -0.379 e. The van der Waals surface area contributed by atoms with Gasteiger partial charge in [0.1, 0.15) is 0 Å². The van der Waals surface area contributed by atoms with Gasteiger partial charge in [-0.15, -0.1) is 0 Å². The van der Waals surface area contributed by atoms with Gasteiger partial charge in [0, 0.05) is 12.6 Å². The lowest BCUT2D eigenvalue weighted by atomic mass is 9.79. The Kier molecular flexibility index (Phi) is 6.37. The maximum Gasteiger partial charge on any atom is 0.0518 e. The molecular formula is C14H29NO. The molecule has 1 fully saturated rings. The third-order valence-corrected chi connectivity index (χ3v) is 3.70. The molecule has 0 aliphatic heterocycles. The Labute approximate surface area is 101 Å². The van der Waals surface area contributed by atoms with Crippen LogP contribution in [0.4, 0.5) is 0 Å². The molecule has 2 unspecified atom stereocenters. The molecule has 1 rings (SSSR count). The number of nitrogens with one attached hydrogen (secondary N) is 1. The van der Waals surface area contributed by atoms with Crippen molar-refractivity contribution in [2.45, 2.75) is 65.5 Å². The molecule has 1 N–H and O–H groups in total. The first-order chi connectivity index (χ1) is 7.61. The average Bonchev–Trinajstić information content (AvgIpc) is 2.21. The van der Waals surface area contributed by atoms with E-state index in [1.807, 2.05) is 0 Å². The molecule has 0 spiro atoms. The van der Waals surface area contributed by atoms with Crippen molar-refractivity contribution >= 4 is 0 Å². The molecule has 96 valence electrons. The molecule has 0 bridgehead atoms. The first kappa shape index (κ1) is 14.0. The lowest BCUT2D eigenvalue weighted by molar-refractivity contribution is 0.0753. The summed E-state index contributed by atoms with van der Waals surface area (Å²) >= 11 is 0. The molecule has 1 saturated carbocycles. The van der Waals surface area contributed by atoms with Crippen molar-refractivity contribution in [3.8, 4) is 0 Å². The summed E-state index contributed by atoms with van der Waals surface area (Å²) < 4.78 is 5.54. The second kappa shape index (κ2) is 7.29. The third-order valence-electron chi connectivity index (χ3n) is 3.70. The quantitative estimate of drug-likeness (QED) is 0.704. The van der Waals surface area contributed by atoms with Crippen LogP contribution >= 0.6 is 0 Å². The molecule has 2 atom stereocenters. The van der Waals surface area contributed by atoms with E-state index in [9.17, 15) is 0 Å². The van der Waals surface area contributed by atoms with Crippen LogP contribution in [-0.2, 0) is 4.74 Å². The predicted octanol–water partition coefficient (Wildman–Crippen LogP) is 3.22. The van der Waals surface area contributed by atoms with Crippen molar-refractivity contribution in [2.75, 3.05) is 13.2 Å². The van der Waals surface area contributed by atoms with E-state index < -0.39 is 0 Å². The van der Waals surface area contributed by atoms with E-state index in [-0.39, 0.29) is 0 Å². The lowest BCUT2D eigenvalue weighted by Crippen LogP contribution is -2.43. The highest BCUT2D eigenvalue weighted by molar-refractivity contribution is 4.83. The second-order valence-electron chi connectivity index (χ2n) is 5.64.